The van der Waals surface area contributed by atoms with E-state index in [1.165, 1.54) is 32.7 Å². The van der Waals surface area contributed by atoms with Crippen molar-refractivity contribution in [3.8, 4) is 22.5 Å². The molecule has 2 atom stereocenters. The Morgan fingerprint density at radius 1 is 0.516 bits per heavy atom. The average Bonchev–Trinajstić information content (AvgIpc) is 4.02. The summed E-state index contributed by atoms with van der Waals surface area (Å²) in [6, 6.07) is 75.5. The van der Waals surface area contributed by atoms with E-state index in [1.807, 2.05) is 12.1 Å². The third kappa shape index (κ3) is 6.20. The maximum Gasteiger partial charge on any atom is 0.159 e. The summed E-state index contributed by atoms with van der Waals surface area (Å²) in [5, 5.41) is 10.9. The fourth-order valence-corrected chi connectivity index (χ4v) is 9.95. The van der Waals surface area contributed by atoms with E-state index in [-0.39, 0.29) is 12.1 Å². The lowest BCUT2D eigenvalue weighted by Crippen LogP contribution is -2.24. The van der Waals surface area contributed by atoms with Gasteiger partial charge in [-0.15, -0.1) is 0 Å². The van der Waals surface area contributed by atoms with E-state index >= 15 is 0 Å². The minimum Gasteiger partial charge on any atom is -0.454 e. The number of aromatic nitrogens is 2. The van der Waals surface area contributed by atoms with Gasteiger partial charge in [-0.1, -0.05) is 158 Å². The molecule has 12 aromatic rings. The third-order valence-electron chi connectivity index (χ3n) is 13.0. The largest absolute Gasteiger partial charge is 0.454 e. The number of para-hydroxylation sites is 4. The van der Waals surface area contributed by atoms with Crippen molar-refractivity contribution in [2.45, 2.75) is 19.0 Å². The van der Waals surface area contributed by atoms with Crippen molar-refractivity contribution in [3.05, 3.63) is 235 Å². The van der Waals surface area contributed by atoms with Gasteiger partial charge in [0.25, 0.3) is 0 Å². The molecule has 0 saturated carbocycles. The molecule has 0 saturated heterocycles. The van der Waals surface area contributed by atoms with Crippen LogP contribution in [0, 0.1) is 0 Å². The first kappa shape index (κ1) is 37.6. The summed E-state index contributed by atoms with van der Waals surface area (Å²) in [5.41, 5.74) is 21.9. The van der Waals surface area contributed by atoms with Crippen molar-refractivity contribution < 1.29 is 4.42 Å². The van der Waals surface area contributed by atoms with Gasteiger partial charge in [0, 0.05) is 49.7 Å². The molecule has 0 fully saturated rings. The molecule has 3 aromatic heterocycles. The number of nitrogens with two attached hydrogens (primary N) is 1. The summed E-state index contributed by atoms with van der Waals surface area (Å²) >= 11 is 0. The van der Waals surface area contributed by atoms with E-state index in [0.29, 0.717) is 5.70 Å². The van der Waals surface area contributed by atoms with E-state index < -0.39 is 0 Å². The molecule has 0 aliphatic carbocycles. The Morgan fingerprint density at radius 2 is 1.14 bits per heavy atom. The standard InChI is InChI=1S/C59H44N4O/c1-38(39-17-4-2-5-18-39)61-51(40-19-6-3-7-20-40)37-50(60)42-21-14-22-43(35-42)62-53-29-12-9-25-48(53)58-44(26-15-30-55(58)62)41-33-34-54-49(36-41)45-23-8-11-28-52(45)63(54)56-31-16-27-47-46-24-10-13-32-57(46)64-59(47)56/h2-38,51,61H,60H2,1H3/b50-37-. The highest BCUT2D eigenvalue weighted by Gasteiger charge is 2.21. The average molecular weight is 825 g/mol. The lowest BCUT2D eigenvalue weighted by Gasteiger charge is -2.22. The second-order valence-corrected chi connectivity index (χ2v) is 16.7. The number of nitrogens with zero attached hydrogens (tertiary/aromatic N) is 2. The van der Waals surface area contributed by atoms with Crippen LogP contribution >= 0.6 is 0 Å². The van der Waals surface area contributed by atoms with Crippen molar-refractivity contribution in [2.75, 3.05) is 0 Å². The van der Waals surface area contributed by atoms with Crippen molar-refractivity contribution in [1.82, 2.24) is 14.5 Å². The van der Waals surface area contributed by atoms with Crippen LogP contribution in [0.3, 0.4) is 0 Å². The maximum absolute atomic E-state index is 7.07. The molecule has 5 heteroatoms. The normalized spacial score (nSPS) is 13.2. The van der Waals surface area contributed by atoms with Crippen LogP contribution in [0.2, 0.25) is 0 Å². The van der Waals surface area contributed by atoms with Crippen molar-refractivity contribution >= 4 is 71.2 Å². The van der Waals surface area contributed by atoms with Gasteiger partial charge in [0.15, 0.2) is 5.58 Å². The lowest BCUT2D eigenvalue weighted by atomic mass is 9.98. The molecule has 3 heterocycles. The van der Waals surface area contributed by atoms with Crippen molar-refractivity contribution in [2.24, 2.45) is 5.73 Å². The first-order valence-electron chi connectivity index (χ1n) is 22.0. The predicted octanol–water partition coefficient (Wildman–Crippen LogP) is 14.8. The van der Waals surface area contributed by atoms with Crippen LogP contribution in [0.15, 0.2) is 223 Å². The van der Waals surface area contributed by atoms with Gasteiger partial charge < -0.3 is 24.6 Å². The van der Waals surface area contributed by atoms with Gasteiger partial charge in [0.1, 0.15) is 5.58 Å². The molecular formula is C59H44N4O. The van der Waals surface area contributed by atoms with Gasteiger partial charge in [-0.05, 0) is 95.4 Å². The predicted molar refractivity (Wildman–Crippen MR) is 267 cm³/mol. The zero-order valence-electron chi connectivity index (χ0n) is 35.3. The van der Waals surface area contributed by atoms with E-state index in [4.69, 9.17) is 10.2 Å². The van der Waals surface area contributed by atoms with Gasteiger partial charge in [-0.3, -0.25) is 0 Å². The summed E-state index contributed by atoms with van der Waals surface area (Å²) in [5.74, 6) is 0. The first-order chi connectivity index (χ1) is 31.6. The molecule has 3 N–H and O–H groups in total. The van der Waals surface area contributed by atoms with E-state index in [2.05, 4.69) is 228 Å². The molecule has 9 aromatic carbocycles. The molecule has 0 aliphatic rings. The Labute approximate surface area is 370 Å². The summed E-state index contributed by atoms with van der Waals surface area (Å²) in [6.45, 7) is 2.20. The highest BCUT2D eigenvalue weighted by atomic mass is 16.3. The molecule has 2 unspecified atom stereocenters. The zero-order chi connectivity index (χ0) is 42.7. The smallest absolute Gasteiger partial charge is 0.159 e. The number of fused-ring (bicyclic) bond motifs is 9. The van der Waals surface area contributed by atoms with Crippen molar-refractivity contribution in [1.29, 1.82) is 0 Å². The number of nitrogens with one attached hydrogen (secondary N) is 1. The highest BCUT2D eigenvalue weighted by molar-refractivity contribution is 6.18. The maximum atomic E-state index is 7.07. The van der Waals surface area contributed by atoms with E-state index in [0.717, 1.165) is 72.1 Å². The van der Waals surface area contributed by atoms with Crippen LogP contribution in [0.1, 0.15) is 35.7 Å². The third-order valence-corrected chi connectivity index (χ3v) is 13.0. The summed E-state index contributed by atoms with van der Waals surface area (Å²) < 4.78 is 11.3. The van der Waals surface area contributed by atoms with Gasteiger partial charge in [0.2, 0.25) is 0 Å². The highest BCUT2D eigenvalue weighted by Crippen LogP contribution is 2.42. The fourth-order valence-electron chi connectivity index (χ4n) is 9.95. The first-order valence-corrected chi connectivity index (χ1v) is 22.0. The minimum absolute atomic E-state index is 0.0961. The van der Waals surface area contributed by atoms with Crippen LogP contribution in [-0.2, 0) is 0 Å². The molecule has 0 amide bonds. The summed E-state index contributed by atoms with van der Waals surface area (Å²) in [6.07, 6.45) is 2.15. The number of rotatable bonds is 9. The molecular weight excluding hydrogens is 781 g/mol. The minimum atomic E-state index is -0.0961. The van der Waals surface area contributed by atoms with Crippen LogP contribution in [0.25, 0.3) is 93.7 Å². The Bertz CT molecular complexity index is 3740. The second kappa shape index (κ2) is 15.3. The van der Waals surface area contributed by atoms with E-state index in [9.17, 15) is 0 Å². The zero-order valence-corrected chi connectivity index (χ0v) is 35.3. The monoisotopic (exact) mass is 824 g/mol. The lowest BCUT2D eigenvalue weighted by molar-refractivity contribution is 0.527. The van der Waals surface area contributed by atoms with Crippen molar-refractivity contribution in [3.63, 3.8) is 0 Å². The van der Waals surface area contributed by atoms with Crippen LogP contribution in [0.4, 0.5) is 0 Å². The van der Waals surface area contributed by atoms with E-state index in [1.54, 1.807) is 0 Å². The van der Waals surface area contributed by atoms with Crippen LogP contribution in [-0.4, -0.2) is 9.13 Å². The Hall–Kier alpha value is -8.12. The Balaban J connectivity index is 0.976. The molecule has 0 radical (unpaired) electrons. The van der Waals surface area contributed by atoms with Gasteiger partial charge in [-0.25, -0.2) is 0 Å². The second-order valence-electron chi connectivity index (χ2n) is 16.7. The summed E-state index contributed by atoms with van der Waals surface area (Å²) in [7, 11) is 0. The van der Waals surface area contributed by atoms with Gasteiger partial charge in [-0.2, -0.15) is 0 Å². The number of hydrogen-bond acceptors (Lipinski definition) is 3. The number of benzene rings is 9. The number of furan rings is 1. The fraction of sp³-hybridized carbons (Fsp3) is 0.0508. The summed E-state index contributed by atoms with van der Waals surface area (Å²) in [4.78, 5) is 0. The Kier molecular flexibility index (Phi) is 9.02. The topological polar surface area (TPSA) is 61.0 Å². The quantitative estimate of drug-likeness (QED) is 0.152. The van der Waals surface area contributed by atoms with Gasteiger partial charge in [0.05, 0.1) is 33.8 Å². The molecule has 64 heavy (non-hydrogen) atoms. The molecule has 12 rings (SSSR count). The molecule has 5 nitrogen and oxygen atoms in total. The molecule has 0 aliphatic heterocycles. The molecule has 0 spiro atoms. The molecule has 0 bridgehead atoms. The number of hydrogen-bond donors (Lipinski definition) is 2. The molecule has 306 valence electrons. The van der Waals surface area contributed by atoms with Crippen LogP contribution in [0.5, 0.6) is 0 Å². The van der Waals surface area contributed by atoms with Crippen LogP contribution < -0.4 is 11.1 Å². The Morgan fingerprint density at radius 3 is 1.95 bits per heavy atom. The SMILES string of the molecule is CC(NC(/C=C(\N)c1cccc(-n2c3ccccc3c3c(-c4ccc5c(c4)c4ccccc4n5-c4cccc5c4oc4ccccc45)cccc32)c1)c1ccccc1)c1ccccc1. The van der Waals surface area contributed by atoms with Gasteiger partial charge >= 0.3 is 0 Å².